The van der Waals surface area contributed by atoms with Crippen molar-refractivity contribution >= 4 is 32.3 Å². The molecule has 1 heterocycles. The summed E-state index contributed by atoms with van der Waals surface area (Å²) in [6.45, 7) is 4.61. The monoisotopic (exact) mass is 575 g/mol. The molecule has 0 bridgehead atoms. The van der Waals surface area contributed by atoms with E-state index in [1.54, 1.807) is 0 Å². The first-order valence-corrected chi connectivity index (χ1v) is 15.5. The zero-order chi connectivity index (χ0) is 30.1. The molecule has 45 heavy (non-hydrogen) atoms. The number of hydrogen-bond donors (Lipinski definition) is 0. The Morgan fingerprint density at radius 2 is 0.933 bits per heavy atom. The summed E-state index contributed by atoms with van der Waals surface area (Å²) in [4.78, 5) is 15.2. The molecule has 0 radical (unpaired) electrons. The molecule has 0 amide bonds. The summed E-state index contributed by atoms with van der Waals surface area (Å²) in [7, 11) is 0. The topological polar surface area (TPSA) is 38.7 Å². The van der Waals surface area contributed by atoms with Crippen LogP contribution in [0, 0.1) is 0 Å². The van der Waals surface area contributed by atoms with Gasteiger partial charge in [-0.05, 0) is 66.7 Å². The fourth-order valence-corrected chi connectivity index (χ4v) is 7.15. The summed E-state index contributed by atoms with van der Waals surface area (Å²) in [5, 5.41) is 7.37. The van der Waals surface area contributed by atoms with Crippen LogP contribution in [-0.2, 0) is 5.41 Å². The highest BCUT2D eigenvalue weighted by Gasteiger charge is 2.35. The molecule has 1 aromatic heterocycles. The highest BCUT2D eigenvalue weighted by atomic mass is 15.0. The van der Waals surface area contributed by atoms with Crippen molar-refractivity contribution in [3.05, 3.63) is 151 Å². The van der Waals surface area contributed by atoms with Crippen LogP contribution in [0.3, 0.4) is 0 Å². The molecule has 7 aromatic carbocycles. The SMILES string of the molecule is CC1(C)c2ccccc2-c2ccc(-c3nc(-c4ccccc4)nc(-c4ccc5ccc6c7ccccc7ccc6c5c4)n3)cc21. The molecule has 3 heteroatoms. The van der Waals surface area contributed by atoms with Gasteiger partial charge in [-0.3, -0.25) is 0 Å². The summed E-state index contributed by atoms with van der Waals surface area (Å²) in [6, 6.07) is 49.6. The fourth-order valence-electron chi connectivity index (χ4n) is 7.15. The number of nitrogens with zero attached hydrogens (tertiary/aromatic N) is 3. The predicted molar refractivity (Wildman–Crippen MR) is 186 cm³/mol. The van der Waals surface area contributed by atoms with Gasteiger partial charge < -0.3 is 0 Å². The van der Waals surface area contributed by atoms with Crippen LogP contribution in [0.2, 0.25) is 0 Å². The summed E-state index contributed by atoms with van der Waals surface area (Å²) in [5.41, 5.74) is 8.07. The second-order valence-electron chi connectivity index (χ2n) is 12.5. The Hall–Kier alpha value is -5.67. The molecule has 0 saturated carbocycles. The van der Waals surface area contributed by atoms with Crippen molar-refractivity contribution < 1.29 is 0 Å². The molecule has 0 aliphatic heterocycles. The Morgan fingerprint density at radius 3 is 1.73 bits per heavy atom. The number of fused-ring (bicyclic) bond motifs is 8. The van der Waals surface area contributed by atoms with Gasteiger partial charge in [-0.15, -0.1) is 0 Å². The van der Waals surface area contributed by atoms with Crippen molar-refractivity contribution in [3.8, 4) is 45.3 Å². The molecule has 9 rings (SSSR count). The average Bonchev–Trinajstić information content (AvgIpc) is 3.33. The van der Waals surface area contributed by atoms with Gasteiger partial charge in [0, 0.05) is 22.1 Å². The molecular weight excluding hydrogens is 546 g/mol. The van der Waals surface area contributed by atoms with E-state index in [2.05, 4.69) is 135 Å². The summed E-state index contributed by atoms with van der Waals surface area (Å²) in [6.07, 6.45) is 0. The lowest BCUT2D eigenvalue weighted by Crippen LogP contribution is -2.15. The third-order valence-corrected chi connectivity index (χ3v) is 9.51. The van der Waals surface area contributed by atoms with Crippen LogP contribution in [-0.4, -0.2) is 15.0 Å². The normalized spacial score (nSPS) is 13.3. The first-order valence-electron chi connectivity index (χ1n) is 15.5. The summed E-state index contributed by atoms with van der Waals surface area (Å²) >= 11 is 0. The van der Waals surface area contributed by atoms with Gasteiger partial charge in [0.2, 0.25) is 0 Å². The van der Waals surface area contributed by atoms with E-state index in [1.165, 1.54) is 54.6 Å². The Morgan fingerprint density at radius 1 is 0.378 bits per heavy atom. The van der Waals surface area contributed by atoms with Crippen LogP contribution in [0.25, 0.3) is 77.6 Å². The second-order valence-corrected chi connectivity index (χ2v) is 12.5. The Labute approximate surface area is 261 Å². The maximum atomic E-state index is 5.14. The maximum absolute atomic E-state index is 5.14. The van der Waals surface area contributed by atoms with Crippen molar-refractivity contribution in [1.82, 2.24) is 15.0 Å². The Kier molecular flexibility index (Phi) is 5.54. The molecule has 8 aromatic rings. The number of rotatable bonds is 3. The van der Waals surface area contributed by atoms with Crippen LogP contribution < -0.4 is 0 Å². The lowest BCUT2D eigenvalue weighted by Gasteiger charge is -2.21. The molecule has 0 spiro atoms. The molecular formula is C42H29N3. The standard InChI is InChI=1S/C42H29N3/c1-42(2)37-15-9-8-14-34(37)35-23-20-30(25-38(35)42)41-44-39(28-11-4-3-5-12-28)43-40(45-41)29-17-16-27-19-21-32-31-13-7-6-10-26(31)18-22-33(32)36(27)24-29/h3-25H,1-2H3. The average molecular weight is 576 g/mol. The van der Waals surface area contributed by atoms with Gasteiger partial charge in [0.15, 0.2) is 17.5 Å². The molecule has 0 fully saturated rings. The molecule has 1 aliphatic carbocycles. The van der Waals surface area contributed by atoms with E-state index in [0.717, 1.165) is 16.7 Å². The van der Waals surface area contributed by atoms with Crippen molar-refractivity contribution in [3.63, 3.8) is 0 Å². The fraction of sp³-hybridized carbons (Fsp3) is 0.0714. The minimum atomic E-state index is -0.108. The number of benzene rings is 7. The van der Waals surface area contributed by atoms with Crippen molar-refractivity contribution in [2.75, 3.05) is 0 Å². The molecule has 212 valence electrons. The molecule has 0 saturated heterocycles. The Bertz CT molecular complexity index is 2460. The molecule has 1 aliphatic rings. The third-order valence-electron chi connectivity index (χ3n) is 9.51. The van der Waals surface area contributed by atoms with Crippen LogP contribution in [0.4, 0.5) is 0 Å². The van der Waals surface area contributed by atoms with Crippen molar-refractivity contribution in [1.29, 1.82) is 0 Å². The molecule has 3 nitrogen and oxygen atoms in total. The van der Waals surface area contributed by atoms with Crippen molar-refractivity contribution in [2.24, 2.45) is 0 Å². The van der Waals surface area contributed by atoms with Gasteiger partial charge in [-0.1, -0.05) is 141 Å². The number of hydrogen-bond acceptors (Lipinski definition) is 3. The zero-order valence-corrected chi connectivity index (χ0v) is 25.1. The smallest absolute Gasteiger partial charge is 0.164 e. The highest BCUT2D eigenvalue weighted by molar-refractivity contribution is 6.17. The van der Waals surface area contributed by atoms with E-state index in [1.807, 2.05) is 18.2 Å². The van der Waals surface area contributed by atoms with Gasteiger partial charge in [0.05, 0.1) is 0 Å². The van der Waals surface area contributed by atoms with E-state index in [0.29, 0.717) is 17.5 Å². The zero-order valence-electron chi connectivity index (χ0n) is 25.1. The summed E-state index contributed by atoms with van der Waals surface area (Å²) in [5.74, 6) is 2.02. The van der Waals surface area contributed by atoms with Gasteiger partial charge >= 0.3 is 0 Å². The van der Waals surface area contributed by atoms with E-state index < -0.39 is 0 Å². The largest absolute Gasteiger partial charge is 0.208 e. The van der Waals surface area contributed by atoms with Crippen molar-refractivity contribution in [2.45, 2.75) is 19.3 Å². The van der Waals surface area contributed by atoms with Crippen LogP contribution in [0.15, 0.2) is 140 Å². The van der Waals surface area contributed by atoms with Gasteiger partial charge in [-0.25, -0.2) is 15.0 Å². The van der Waals surface area contributed by atoms with Gasteiger partial charge in [0.25, 0.3) is 0 Å². The molecule has 0 atom stereocenters. The van der Waals surface area contributed by atoms with Crippen LogP contribution in [0.5, 0.6) is 0 Å². The van der Waals surface area contributed by atoms with Crippen LogP contribution >= 0.6 is 0 Å². The van der Waals surface area contributed by atoms with E-state index in [-0.39, 0.29) is 5.41 Å². The van der Waals surface area contributed by atoms with E-state index in [9.17, 15) is 0 Å². The second kappa shape index (κ2) is 9.67. The third kappa shape index (κ3) is 4.01. The number of aromatic nitrogens is 3. The van der Waals surface area contributed by atoms with Gasteiger partial charge in [0.1, 0.15) is 0 Å². The first-order chi connectivity index (χ1) is 22.0. The minimum Gasteiger partial charge on any atom is -0.208 e. The first kappa shape index (κ1) is 25.8. The van der Waals surface area contributed by atoms with E-state index >= 15 is 0 Å². The lowest BCUT2D eigenvalue weighted by molar-refractivity contribution is 0.660. The minimum absolute atomic E-state index is 0.108. The lowest BCUT2D eigenvalue weighted by atomic mass is 9.82. The quantitative estimate of drug-likeness (QED) is 0.197. The Balaban J connectivity index is 1.24. The predicted octanol–water partition coefficient (Wildman–Crippen LogP) is 10.6. The van der Waals surface area contributed by atoms with E-state index in [4.69, 9.17) is 15.0 Å². The van der Waals surface area contributed by atoms with Gasteiger partial charge in [-0.2, -0.15) is 0 Å². The van der Waals surface area contributed by atoms with Crippen LogP contribution in [0.1, 0.15) is 25.0 Å². The molecule has 0 N–H and O–H groups in total. The highest BCUT2D eigenvalue weighted by Crippen LogP contribution is 2.49. The maximum Gasteiger partial charge on any atom is 0.164 e. The molecule has 0 unspecified atom stereocenters. The summed E-state index contributed by atoms with van der Waals surface area (Å²) < 4.78 is 0.